The van der Waals surface area contributed by atoms with Crippen molar-refractivity contribution in [1.29, 1.82) is 0 Å². The second-order valence-corrected chi connectivity index (χ2v) is 4.93. The highest BCUT2D eigenvalue weighted by molar-refractivity contribution is 5.70. The lowest BCUT2D eigenvalue weighted by Gasteiger charge is -2.07. The first-order chi connectivity index (χ1) is 10.3. The summed E-state index contributed by atoms with van der Waals surface area (Å²) in [5.41, 5.74) is 1.66. The molecule has 0 aliphatic heterocycles. The van der Waals surface area contributed by atoms with Gasteiger partial charge >= 0.3 is 0 Å². The van der Waals surface area contributed by atoms with Crippen molar-refractivity contribution in [2.75, 3.05) is 11.9 Å². The van der Waals surface area contributed by atoms with Crippen molar-refractivity contribution in [2.45, 2.75) is 26.3 Å². The summed E-state index contributed by atoms with van der Waals surface area (Å²) in [6, 6.07) is 0. The smallest absolute Gasteiger partial charge is 0.224 e. The first-order valence-electron chi connectivity index (χ1n) is 7.16. The van der Waals surface area contributed by atoms with Crippen molar-refractivity contribution in [1.82, 2.24) is 29.1 Å². The second-order valence-electron chi connectivity index (χ2n) is 4.93. The lowest BCUT2D eigenvalue weighted by atomic mass is 10.4. The van der Waals surface area contributed by atoms with E-state index in [1.165, 1.54) is 0 Å². The van der Waals surface area contributed by atoms with Gasteiger partial charge in [-0.3, -0.25) is 0 Å². The van der Waals surface area contributed by atoms with Crippen LogP contribution in [0.3, 0.4) is 0 Å². The normalized spacial score (nSPS) is 11.1. The van der Waals surface area contributed by atoms with Crippen LogP contribution in [0.2, 0.25) is 0 Å². The number of aromatic nitrogens is 6. The molecule has 0 radical (unpaired) electrons. The number of fused-ring (bicyclic) bond motifs is 1. The minimum Gasteiger partial charge on any atom is -0.354 e. The number of anilines is 1. The summed E-state index contributed by atoms with van der Waals surface area (Å²) in [6.07, 6.45) is 9.36. The van der Waals surface area contributed by atoms with Crippen LogP contribution in [0.5, 0.6) is 0 Å². The molecule has 0 spiro atoms. The summed E-state index contributed by atoms with van der Waals surface area (Å²) in [6.45, 7) is 3.88. The van der Waals surface area contributed by atoms with Crippen molar-refractivity contribution in [3.63, 3.8) is 0 Å². The number of hydrogen-bond acceptors (Lipinski definition) is 5. The van der Waals surface area contributed by atoms with Gasteiger partial charge in [0, 0.05) is 39.0 Å². The molecule has 7 heteroatoms. The van der Waals surface area contributed by atoms with E-state index in [0.29, 0.717) is 5.95 Å². The fourth-order valence-corrected chi connectivity index (χ4v) is 2.31. The SMILES string of the molecule is CCc1nccn1CCCNc1ncc2c(ncn2C)n1. The molecule has 0 bridgehead atoms. The molecule has 0 amide bonds. The van der Waals surface area contributed by atoms with Gasteiger partial charge < -0.3 is 14.5 Å². The maximum Gasteiger partial charge on any atom is 0.224 e. The molecule has 110 valence electrons. The minimum atomic E-state index is 0.627. The Morgan fingerprint density at radius 2 is 2.14 bits per heavy atom. The zero-order valence-corrected chi connectivity index (χ0v) is 12.3. The molecule has 0 saturated heterocycles. The van der Waals surface area contributed by atoms with Crippen LogP contribution in [0.1, 0.15) is 19.2 Å². The Morgan fingerprint density at radius 1 is 1.24 bits per heavy atom. The molecule has 0 fully saturated rings. The van der Waals surface area contributed by atoms with Crippen LogP contribution >= 0.6 is 0 Å². The molecule has 21 heavy (non-hydrogen) atoms. The van der Waals surface area contributed by atoms with Crippen LogP contribution < -0.4 is 5.32 Å². The first kappa shape index (κ1) is 13.5. The monoisotopic (exact) mass is 285 g/mol. The maximum absolute atomic E-state index is 4.39. The molecule has 3 rings (SSSR count). The second kappa shape index (κ2) is 5.90. The molecule has 1 N–H and O–H groups in total. The van der Waals surface area contributed by atoms with Crippen LogP contribution in [0.4, 0.5) is 5.95 Å². The molecule has 7 nitrogen and oxygen atoms in total. The van der Waals surface area contributed by atoms with Crippen molar-refractivity contribution >= 4 is 17.1 Å². The number of aryl methyl sites for hydroxylation is 3. The Kier molecular flexibility index (Phi) is 3.81. The molecule has 0 aliphatic rings. The van der Waals surface area contributed by atoms with Gasteiger partial charge in [0.2, 0.25) is 5.95 Å². The van der Waals surface area contributed by atoms with Crippen LogP contribution in [-0.4, -0.2) is 35.6 Å². The van der Waals surface area contributed by atoms with Gasteiger partial charge in [0.05, 0.1) is 12.5 Å². The summed E-state index contributed by atoms with van der Waals surface area (Å²) in [5, 5.41) is 3.24. The Bertz CT molecular complexity index is 728. The highest BCUT2D eigenvalue weighted by Crippen LogP contribution is 2.09. The van der Waals surface area contributed by atoms with Gasteiger partial charge in [0.15, 0.2) is 5.65 Å². The fraction of sp³-hybridized carbons (Fsp3) is 0.429. The molecule has 0 unspecified atom stereocenters. The number of imidazole rings is 2. The van der Waals surface area contributed by atoms with Gasteiger partial charge in [0.1, 0.15) is 11.3 Å². The van der Waals surface area contributed by atoms with E-state index in [4.69, 9.17) is 0 Å². The molecule has 3 heterocycles. The number of nitrogens with zero attached hydrogens (tertiary/aromatic N) is 6. The molecule has 0 saturated carbocycles. The zero-order valence-electron chi connectivity index (χ0n) is 12.3. The molecule has 3 aromatic heterocycles. The van der Waals surface area contributed by atoms with E-state index in [0.717, 1.165) is 42.9 Å². The summed E-state index contributed by atoms with van der Waals surface area (Å²) in [7, 11) is 1.93. The molecule has 0 aromatic carbocycles. The van der Waals surface area contributed by atoms with E-state index < -0.39 is 0 Å². The Morgan fingerprint density at radius 3 is 3.00 bits per heavy atom. The first-order valence-corrected chi connectivity index (χ1v) is 7.16. The predicted octanol–water partition coefficient (Wildman–Crippen LogP) is 1.62. The largest absolute Gasteiger partial charge is 0.354 e. The summed E-state index contributed by atoms with van der Waals surface area (Å²) in [5.74, 6) is 1.75. The van der Waals surface area contributed by atoms with Crippen molar-refractivity contribution < 1.29 is 0 Å². The van der Waals surface area contributed by atoms with Crippen molar-refractivity contribution in [3.8, 4) is 0 Å². The molecule has 0 atom stereocenters. The van der Waals surface area contributed by atoms with Crippen LogP contribution in [-0.2, 0) is 20.0 Å². The van der Waals surface area contributed by atoms with E-state index in [-0.39, 0.29) is 0 Å². The third kappa shape index (κ3) is 2.86. The zero-order chi connectivity index (χ0) is 14.7. The number of rotatable bonds is 6. The summed E-state index contributed by atoms with van der Waals surface area (Å²) >= 11 is 0. The van der Waals surface area contributed by atoms with Gasteiger partial charge in [-0.2, -0.15) is 4.98 Å². The topological polar surface area (TPSA) is 73.5 Å². The number of nitrogens with one attached hydrogen (secondary N) is 1. The Hall–Kier alpha value is -2.44. The van der Waals surface area contributed by atoms with E-state index in [1.54, 1.807) is 12.5 Å². The fourth-order valence-electron chi connectivity index (χ4n) is 2.31. The van der Waals surface area contributed by atoms with Gasteiger partial charge in [-0.25, -0.2) is 15.0 Å². The quantitative estimate of drug-likeness (QED) is 0.697. The average molecular weight is 285 g/mol. The molecule has 0 aliphatic carbocycles. The van der Waals surface area contributed by atoms with Crippen molar-refractivity contribution in [3.05, 3.63) is 30.7 Å². The number of hydrogen-bond donors (Lipinski definition) is 1. The summed E-state index contributed by atoms with van der Waals surface area (Å²) < 4.78 is 4.09. The van der Waals surface area contributed by atoms with E-state index in [9.17, 15) is 0 Å². The lowest BCUT2D eigenvalue weighted by molar-refractivity contribution is 0.628. The van der Waals surface area contributed by atoms with E-state index in [2.05, 4.69) is 36.7 Å². The predicted molar refractivity (Wildman–Crippen MR) is 81.0 cm³/mol. The van der Waals surface area contributed by atoms with Crippen molar-refractivity contribution in [2.24, 2.45) is 7.05 Å². The lowest BCUT2D eigenvalue weighted by Crippen LogP contribution is -2.10. The van der Waals surface area contributed by atoms with E-state index in [1.807, 2.05) is 24.0 Å². The summed E-state index contributed by atoms with van der Waals surface area (Å²) in [4.78, 5) is 17.2. The van der Waals surface area contributed by atoms with Crippen LogP contribution in [0.25, 0.3) is 11.2 Å². The molecular formula is C14H19N7. The highest BCUT2D eigenvalue weighted by Gasteiger charge is 2.04. The highest BCUT2D eigenvalue weighted by atomic mass is 15.2. The standard InChI is InChI=1S/C14H19N7/c1-3-12-15-6-8-21(12)7-4-5-16-14-17-9-11-13(19-14)18-10-20(11)2/h6,8-10H,3-5,7H2,1-2H3,(H,16,17,19). The average Bonchev–Trinajstić information content (AvgIpc) is 3.10. The van der Waals surface area contributed by atoms with Gasteiger partial charge in [-0.05, 0) is 6.42 Å². The Labute approximate surface area is 123 Å². The van der Waals surface area contributed by atoms with Crippen LogP contribution in [0.15, 0.2) is 24.9 Å². The van der Waals surface area contributed by atoms with Gasteiger partial charge in [-0.15, -0.1) is 0 Å². The van der Waals surface area contributed by atoms with Crippen LogP contribution in [0, 0.1) is 0 Å². The third-order valence-corrected chi connectivity index (χ3v) is 3.46. The van der Waals surface area contributed by atoms with Gasteiger partial charge in [-0.1, -0.05) is 6.92 Å². The van der Waals surface area contributed by atoms with Gasteiger partial charge in [0.25, 0.3) is 0 Å². The maximum atomic E-state index is 4.39. The van der Waals surface area contributed by atoms with E-state index >= 15 is 0 Å². The molecular weight excluding hydrogens is 266 g/mol. The Balaban J connectivity index is 1.54. The third-order valence-electron chi connectivity index (χ3n) is 3.46. The minimum absolute atomic E-state index is 0.627. The molecule has 3 aromatic rings.